The summed E-state index contributed by atoms with van der Waals surface area (Å²) in [6, 6.07) is 9.30. The van der Waals surface area contributed by atoms with Gasteiger partial charge in [0.1, 0.15) is 0 Å². The Labute approximate surface area is 170 Å². The van der Waals surface area contributed by atoms with Crippen molar-refractivity contribution in [3.05, 3.63) is 35.4 Å². The van der Waals surface area contributed by atoms with Gasteiger partial charge in [0.2, 0.25) is 0 Å². The number of ether oxygens (including phenoxy) is 2. The summed E-state index contributed by atoms with van der Waals surface area (Å²) in [6.45, 7) is 10.5. The summed E-state index contributed by atoms with van der Waals surface area (Å²) in [4.78, 5) is 6.97. The second kappa shape index (κ2) is 12.8. The highest BCUT2D eigenvalue weighted by atomic mass is 16.5. The van der Waals surface area contributed by atoms with Crippen molar-refractivity contribution in [2.24, 2.45) is 10.9 Å². The van der Waals surface area contributed by atoms with Crippen LogP contribution in [0.2, 0.25) is 0 Å². The fraction of sp³-hybridized carbons (Fsp3) is 0.682. The lowest BCUT2D eigenvalue weighted by Crippen LogP contribution is -2.50. The second-order valence-electron chi connectivity index (χ2n) is 7.64. The lowest BCUT2D eigenvalue weighted by Gasteiger charge is -2.38. The molecular weight excluding hydrogens is 352 g/mol. The fourth-order valence-corrected chi connectivity index (χ4v) is 3.63. The molecule has 28 heavy (non-hydrogen) atoms. The first-order chi connectivity index (χ1) is 13.7. The third-order valence-corrected chi connectivity index (χ3v) is 5.29. The minimum atomic E-state index is 0.476. The summed E-state index contributed by atoms with van der Waals surface area (Å²) in [5, 5.41) is 6.90. The molecule has 0 saturated heterocycles. The maximum Gasteiger partial charge on any atom is 0.191 e. The molecule has 2 N–H and O–H groups in total. The van der Waals surface area contributed by atoms with Crippen LogP contribution in [0.15, 0.2) is 29.3 Å². The molecule has 6 nitrogen and oxygen atoms in total. The smallest absolute Gasteiger partial charge is 0.191 e. The van der Waals surface area contributed by atoms with Gasteiger partial charge in [-0.25, -0.2) is 0 Å². The maximum atomic E-state index is 5.50. The first-order valence-electron chi connectivity index (χ1n) is 10.5. The molecule has 1 aromatic carbocycles. The van der Waals surface area contributed by atoms with Crippen molar-refractivity contribution in [3.63, 3.8) is 0 Å². The van der Waals surface area contributed by atoms with Gasteiger partial charge >= 0.3 is 0 Å². The SMILES string of the molecule is CN=C(NCCCOCCOC)NCC(C(C)C)N1CCc2ccccc2C1. The lowest BCUT2D eigenvalue weighted by molar-refractivity contribution is 0.0698. The predicted octanol–water partition coefficient (Wildman–Crippen LogP) is 2.29. The molecule has 1 aliphatic rings. The zero-order chi connectivity index (χ0) is 20.2. The molecule has 6 heteroatoms. The van der Waals surface area contributed by atoms with Gasteiger partial charge in [0, 0.05) is 53.0 Å². The van der Waals surface area contributed by atoms with Gasteiger partial charge in [0.25, 0.3) is 0 Å². The summed E-state index contributed by atoms with van der Waals surface area (Å²) < 4.78 is 10.5. The molecule has 158 valence electrons. The average Bonchev–Trinajstić information content (AvgIpc) is 2.71. The molecule has 1 aliphatic heterocycles. The van der Waals surface area contributed by atoms with Gasteiger partial charge in [-0.05, 0) is 29.9 Å². The zero-order valence-electron chi connectivity index (χ0n) is 18.0. The Kier molecular flexibility index (Phi) is 10.3. The molecule has 0 spiro atoms. The van der Waals surface area contributed by atoms with Crippen LogP contribution in [0.25, 0.3) is 0 Å². The topological polar surface area (TPSA) is 58.1 Å². The minimum absolute atomic E-state index is 0.476. The Hall–Kier alpha value is -1.63. The summed E-state index contributed by atoms with van der Waals surface area (Å²) in [5.41, 5.74) is 2.97. The molecule has 0 radical (unpaired) electrons. The van der Waals surface area contributed by atoms with E-state index in [1.807, 2.05) is 7.05 Å². The summed E-state index contributed by atoms with van der Waals surface area (Å²) >= 11 is 0. The van der Waals surface area contributed by atoms with E-state index in [0.717, 1.165) is 51.6 Å². The number of hydrogen-bond acceptors (Lipinski definition) is 4. The Balaban J connectivity index is 1.76. The van der Waals surface area contributed by atoms with Gasteiger partial charge in [-0.15, -0.1) is 0 Å². The van der Waals surface area contributed by atoms with Gasteiger partial charge in [-0.2, -0.15) is 0 Å². The largest absolute Gasteiger partial charge is 0.382 e. The van der Waals surface area contributed by atoms with Gasteiger partial charge < -0.3 is 20.1 Å². The van der Waals surface area contributed by atoms with Crippen LogP contribution in [0.4, 0.5) is 0 Å². The Morgan fingerprint density at radius 2 is 1.93 bits per heavy atom. The van der Waals surface area contributed by atoms with Crippen LogP contribution >= 0.6 is 0 Å². The molecule has 1 atom stereocenters. The molecule has 0 aliphatic carbocycles. The van der Waals surface area contributed by atoms with Crippen molar-refractivity contribution in [2.75, 3.05) is 53.6 Å². The van der Waals surface area contributed by atoms with Crippen molar-refractivity contribution in [1.29, 1.82) is 0 Å². The van der Waals surface area contributed by atoms with E-state index in [2.05, 4.69) is 58.6 Å². The van der Waals surface area contributed by atoms with Crippen LogP contribution < -0.4 is 10.6 Å². The van der Waals surface area contributed by atoms with E-state index < -0.39 is 0 Å². The molecule has 0 fully saturated rings. The van der Waals surface area contributed by atoms with Crippen LogP contribution in [0.3, 0.4) is 0 Å². The molecule has 1 unspecified atom stereocenters. The number of nitrogens with zero attached hydrogens (tertiary/aromatic N) is 2. The van der Waals surface area contributed by atoms with Crippen molar-refractivity contribution in [3.8, 4) is 0 Å². The van der Waals surface area contributed by atoms with Gasteiger partial charge in [-0.3, -0.25) is 9.89 Å². The van der Waals surface area contributed by atoms with E-state index in [9.17, 15) is 0 Å². The summed E-state index contributed by atoms with van der Waals surface area (Å²) in [7, 11) is 3.51. The summed E-state index contributed by atoms with van der Waals surface area (Å²) in [5.74, 6) is 1.44. The number of methoxy groups -OCH3 is 1. The molecular formula is C22H38N4O2. The number of hydrogen-bond donors (Lipinski definition) is 2. The van der Waals surface area contributed by atoms with E-state index in [1.54, 1.807) is 7.11 Å². The number of aliphatic imine (C=N–C) groups is 1. The number of nitrogens with one attached hydrogen (secondary N) is 2. The third kappa shape index (κ3) is 7.41. The normalized spacial score (nSPS) is 16.1. The fourth-order valence-electron chi connectivity index (χ4n) is 3.63. The Morgan fingerprint density at radius 3 is 2.64 bits per heavy atom. The number of guanidine groups is 1. The minimum Gasteiger partial charge on any atom is -0.382 e. The van der Waals surface area contributed by atoms with E-state index >= 15 is 0 Å². The van der Waals surface area contributed by atoms with E-state index in [1.165, 1.54) is 11.1 Å². The first-order valence-corrected chi connectivity index (χ1v) is 10.5. The Morgan fingerprint density at radius 1 is 1.14 bits per heavy atom. The van der Waals surface area contributed by atoms with E-state index in [4.69, 9.17) is 9.47 Å². The van der Waals surface area contributed by atoms with Crippen molar-refractivity contribution in [1.82, 2.24) is 15.5 Å². The average molecular weight is 391 g/mol. The highest BCUT2D eigenvalue weighted by Crippen LogP contribution is 2.22. The third-order valence-electron chi connectivity index (χ3n) is 5.29. The van der Waals surface area contributed by atoms with Gasteiger partial charge in [0.15, 0.2) is 5.96 Å². The van der Waals surface area contributed by atoms with E-state index in [-0.39, 0.29) is 0 Å². The van der Waals surface area contributed by atoms with Crippen LogP contribution in [-0.2, 0) is 22.4 Å². The second-order valence-corrected chi connectivity index (χ2v) is 7.64. The molecule has 0 bridgehead atoms. The van der Waals surface area contributed by atoms with Crippen molar-refractivity contribution >= 4 is 5.96 Å². The van der Waals surface area contributed by atoms with Gasteiger partial charge in [-0.1, -0.05) is 38.1 Å². The van der Waals surface area contributed by atoms with Gasteiger partial charge in [0.05, 0.1) is 13.2 Å². The molecule has 0 aromatic heterocycles. The molecule has 1 aromatic rings. The van der Waals surface area contributed by atoms with E-state index in [0.29, 0.717) is 25.2 Å². The number of benzene rings is 1. The summed E-state index contributed by atoms with van der Waals surface area (Å²) in [6.07, 6.45) is 2.08. The monoisotopic (exact) mass is 390 g/mol. The predicted molar refractivity (Wildman–Crippen MR) is 116 cm³/mol. The lowest BCUT2D eigenvalue weighted by atomic mass is 9.95. The van der Waals surface area contributed by atoms with Crippen LogP contribution in [0.5, 0.6) is 0 Å². The van der Waals surface area contributed by atoms with Crippen molar-refractivity contribution in [2.45, 2.75) is 39.3 Å². The highest BCUT2D eigenvalue weighted by Gasteiger charge is 2.25. The zero-order valence-corrected chi connectivity index (χ0v) is 18.0. The molecule has 0 amide bonds. The Bertz CT molecular complexity index is 592. The quantitative estimate of drug-likeness (QED) is 0.345. The highest BCUT2D eigenvalue weighted by molar-refractivity contribution is 5.79. The standard InChI is InChI=1S/C22H38N4O2/c1-18(2)21(26-12-10-19-8-5-6-9-20(19)17-26)16-25-22(23-3)24-11-7-13-28-15-14-27-4/h5-6,8-9,18,21H,7,10-17H2,1-4H3,(H2,23,24,25). The first kappa shape index (κ1) is 22.7. The van der Waals surface area contributed by atoms with Crippen molar-refractivity contribution < 1.29 is 9.47 Å². The maximum absolute atomic E-state index is 5.50. The number of fused-ring (bicyclic) bond motifs is 1. The number of rotatable bonds is 11. The van der Waals surface area contributed by atoms with Crippen LogP contribution in [0, 0.1) is 5.92 Å². The molecule has 1 heterocycles. The molecule has 2 rings (SSSR count). The molecule has 0 saturated carbocycles. The van der Waals surface area contributed by atoms with Crippen LogP contribution in [-0.4, -0.2) is 70.5 Å². The van der Waals surface area contributed by atoms with Crippen LogP contribution in [0.1, 0.15) is 31.4 Å².